The van der Waals surface area contributed by atoms with Crippen molar-refractivity contribution in [1.29, 1.82) is 0 Å². The van der Waals surface area contributed by atoms with E-state index in [1.165, 1.54) is 4.88 Å². The summed E-state index contributed by atoms with van der Waals surface area (Å²) in [5.74, 6) is 1.80. The molecule has 0 saturated carbocycles. The second-order valence-electron chi connectivity index (χ2n) is 9.80. The van der Waals surface area contributed by atoms with Gasteiger partial charge < -0.3 is 14.8 Å². The molecule has 35 heavy (non-hydrogen) atoms. The summed E-state index contributed by atoms with van der Waals surface area (Å²) in [5.41, 5.74) is 3.62. The molecule has 1 amide bonds. The van der Waals surface area contributed by atoms with Gasteiger partial charge in [0, 0.05) is 28.4 Å². The molecule has 0 bridgehead atoms. The van der Waals surface area contributed by atoms with Crippen molar-refractivity contribution in [3.8, 4) is 11.5 Å². The quantitative estimate of drug-likeness (QED) is 0.318. The Bertz CT molecular complexity index is 1250. The molecule has 0 radical (unpaired) electrons. The topological polar surface area (TPSA) is 59.9 Å². The fraction of sp³-hybridized carbons (Fsp3) is 0.357. The number of para-hydroxylation sites is 1. The van der Waals surface area contributed by atoms with Crippen LogP contribution in [-0.4, -0.2) is 26.3 Å². The first kappa shape index (κ1) is 25.5. The lowest BCUT2D eigenvalue weighted by Gasteiger charge is -2.33. The summed E-state index contributed by atoms with van der Waals surface area (Å²) in [4.78, 5) is 19.6. The summed E-state index contributed by atoms with van der Waals surface area (Å²) in [6.07, 6.45) is 4.70. The van der Waals surface area contributed by atoms with Crippen molar-refractivity contribution in [2.75, 3.05) is 19.5 Å². The number of anilines is 1. The molecule has 1 aromatic heterocycles. The normalized spacial score (nSPS) is 15.7. The number of carbonyl (C=O) groups excluding carboxylic acids is 1. The van der Waals surface area contributed by atoms with Gasteiger partial charge in [0.1, 0.15) is 16.5 Å². The minimum absolute atomic E-state index is 0.113. The maximum Gasteiger partial charge on any atom is 0.259 e. The molecule has 0 unspecified atom stereocenters. The van der Waals surface area contributed by atoms with Crippen molar-refractivity contribution in [2.24, 2.45) is 16.3 Å². The van der Waals surface area contributed by atoms with E-state index in [-0.39, 0.29) is 11.3 Å². The lowest BCUT2D eigenvalue weighted by molar-refractivity contribution is 0.102. The zero-order valence-electron chi connectivity index (χ0n) is 20.8. The molecule has 5 nitrogen and oxygen atoms in total. The molecule has 1 N–H and O–H groups in total. The summed E-state index contributed by atoms with van der Waals surface area (Å²) in [6.45, 7) is 6.89. The maximum absolute atomic E-state index is 13.5. The number of aliphatic imine (C=N–C) groups is 1. The Morgan fingerprint density at radius 2 is 1.86 bits per heavy atom. The number of hydrogen-bond donors (Lipinski definition) is 1. The van der Waals surface area contributed by atoms with Gasteiger partial charge >= 0.3 is 0 Å². The van der Waals surface area contributed by atoms with Crippen LogP contribution in [-0.2, 0) is 12.8 Å². The molecule has 1 atom stereocenters. The molecule has 0 spiro atoms. The second kappa shape index (κ2) is 10.5. The Hall–Kier alpha value is -2.64. The van der Waals surface area contributed by atoms with Gasteiger partial charge in [0.2, 0.25) is 0 Å². The highest BCUT2D eigenvalue weighted by atomic mass is 79.9. The summed E-state index contributed by atoms with van der Waals surface area (Å²) < 4.78 is 11.7. The number of amides is 1. The number of nitrogens with one attached hydrogen (secondary N) is 1. The summed E-state index contributed by atoms with van der Waals surface area (Å²) >= 11 is 5.17. The van der Waals surface area contributed by atoms with Gasteiger partial charge in [0.25, 0.3) is 5.91 Å². The van der Waals surface area contributed by atoms with Gasteiger partial charge in [-0.15, -0.1) is 11.3 Å². The maximum atomic E-state index is 13.5. The Morgan fingerprint density at radius 3 is 2.51 bits per heavy atom. The molecule has 1 aliphatic carbocycles. The van der Waals surface area contributed by atoms with Crippen molar-refractivity contribution in [3.05, 3.63) is 68.5 Å². The number of rotatable bonds is 6. The van der Waals surface area contributed by atoms with E-state index in [2.05, 4.69) is 42.0 Å². The predicted octanol–water partition coefficient (Wildman–Crippen LogP) is 7.68. The van der Waals surface area contributed by atoms with Gasteiger partial charge in [-0.25, -0.2) is 4.99 Å². The summed E-state index contributed by atoms with van der Waals surface area (Å²) in [6, 6.07) is 13.3. The zero-order chi connectivity index (χ0) is 25.2. The number of methoxy groups -OCH3 is 2. The lowest BCUT2D eigenvalue weighted by atomic mass is 9.72. The molecule has 184 valence electrons. The van der Waals surface area contributed by atoms with E-state index in [0.717, 1.165) is 45.6 Å². The van der Waals surface area contributed by atoms with Crippen LogP contribution in [0.2, 0.25) is 0 Å². The van der Waals surface area contributed by atoms with E-state index in [4.69, 9.17) is 14.5 Å². The molecule has 0 saturated heterocycles. The second-order valence-corrected chi connectivity index (χ2v) is 11.7. The number of ether oxygens (including phenoxy) is 2. The van der Waals surface area contributed by atoms with Crippen molar-refractivity contribution in [1.82, 2.24) is 0 Å². The molecule has 0 aliphatic heterocycles. The molecular formula is C28H31BrN2O3S. The number of thiophene rings is 1. The number of fused-ring (bicyclic) bond motifs is 1. The number of carbonyl (C=O) groups is 1. The molecule has 7 heteroatoms. The van der Waals surface area contributed by atoms with Crippen LogP contribution in [0.1, 0.15) is 53.6 Å². The van der Waals surface area contributed by atoms with Crippen LogP contribution in [0.5, 0.6) is 11.5 Å². The average molecular weight is 556 g/mol. The van der Waals surface area contributed by atoms with Gasteiger partial charge in [-0.1, -0.05) is 39.0 Å². The standard InChI is InChI=1S/C28H31BrN2O3S/c1-28(2,3)18-11-12-20-24(14-18)35-27(25(20)26(32)31-19-9-7-6-8-10-19)30-16-17-13-21(29)23(34-5)15-22(17)33-4/h6-10,13,15-16,18H,11-12,14H2,1-5H3,(H,31,32)/t18-/m0/s1. The minimum Gasteiger partial charge on any atom is -0.496 e. The van der Waals surface area contributed by atoms with Crippen LogP contribution in [0.3, 0.4) is 0 Å². The molecule has 3 aromatic rings. The Morgan fingerprint density at radius 1 is 1.14 bits per heavy atom. The van der Waals surface area contributed by atoms with E-state index in [1.54, 1.807) is 31.8 Å². The predicted molar refractivity (Wildman–Crippen MR) is 148 cm³/mol. The highest BCUT2D eigenvalue weighted by molar-refractivity contribution is 9.10. The van der Waals surface area contributed by atoms with E-state index in [1.807, 2.05) is 42.5 Å². The van der Waals surface area contributed by atoms with Crippen LogP contribution in [0.25, 0.3) is 0 Å². The van der Waals surface area contributed by atoms with Crippen LogP contribution < -0.4 is 14.8 Å². The van der Waals surface area contributed by atoms with Gasteiger partial charge in [-0.05, 0) is 70.3 Å². The van der Waals surface area contributed by atoms with E-state index < -0.39 is 0 Å². The number of hydrogen-bond acceptors (Lipinski definition) is 5. The van der Waals surface area contributed by atoms with Crippen LogP contribution in [0.15, 0.2) is 51.9 Å². The van der Waals surface area contributed by atoms with Crippen LogP contribution in [0.4, 0.5) is 10.7 Å². The van der Waals surface area contributed by atoms with Crippen molar-refractivity contribution < 1.29 is 14.3 Å². The number of benzene rings is 2. The minimum atomic E-state index is -0.113. The van der Waals surface area contributed by atoms with Gasteiger partial charge in [-0.2, -0.15) is 0 Å². The third-order valence-corrected chi connectivity index (χ3v) is 8.34. The van der Waals surface area contributed by atoms with Crippen LogP contribution >= 0.6 is 27.3 Å². The summed E-state index contributed by atoms with van der Waals surface area (Å²) in [5, 5.41) is 3.80. The Kier molecular flexibility index (Phi) is 7.67. The van der Waals surface area contributed by atoms with Crippen LogP contribution in [0, 0.1) is 11.3 Å². The van der Waals surface area contributed by atoms with Crippen molar-refractivity contribution in [2.45, 2.75) is 40.0 Å². The van der Waals surface area contributed by atoms with Gasteiger partial charge in [0.15, 0.2) is 0 Å². The van der Waals surface area contributed by atoms with E-state index >= 15 is 0 Å². The highest BCUT2D eigenvalue weighted by Crippen LogP contribution is 2.45. The van der Waals surface area contributed by atoms with E-state index in [9.17, 15) is 4.79 Å². The fourth-order valence-electron chi connectivity index (χ4n) is 4.46. The van der Waals surface area contributed by atoms with E-state index in [0.29, 0.717) is 23.0 Å². The molecular weight excluding hydrogens is 524 g/mol. The van der Waals surface area contributed by atoms with Crippen molar-refractivity contribution in [3.63, 3.8) is 0 Å². The fourth-order valence-corrected chi connectivity index (χ4v) is 6.25. The lowest BCUT2D eigenvalue weighted by Crippen LogP contribution is -2.27. The Labute approximate surface area is 219 Å². The largest absolute Gasteiger partial charge is 0.496 e. The number of nitrogens with zero attached hydrogens (tertiary/aromatic N) is 1. The van der Waals surface area contributed by atoms with Gasteiger partial charge in [0.05, 0.1) is 24.3 Å². The first-order chi connectivity index (χ1) is 16.7. The first-order valence-electron chi connectivity index (χ1n) is 11.7. The monoisotopic (exact) mass is 554 g/mol. The summed E-state index contributed by atoms with van der Waals surface area (Å²) in [7, 11) is 3.24. The molecule has 4 rings (SSSR count). The highest BCUT2D eigenvalue weighted by Gasteiger charge is 2.33. The first-order valence-corrected chi connectivity index (χ1v) is 13.3. The third-order valence-electron chi connectivity index (χ3n) is 6.56. The molecule has 1 aliphatic rings. The third kappa shape index (κ3) is 5.62. The average Bonchev–Trinajstić information content (AvgIpc) is 3.20. The Balaban J connectivity index is 1.74. The molecule has 2 aromatic carbocycles. The smallest absolute Gasteiger partial charge is 0.259 e. The SMILES string of the molecule is COc1cc(OC)c(C=Nc2sc3c(c2C(=O)Nc2ccccc2)CC[C@H](C(C)(C)C)C3)cc1Br. The number of halogens is 1. The zero-order valence-corrected chi connectivity index (χ0v) is 23.2. The van der Waals surface area contributed by atoms with Gasteiger partial charge in [-0.3, -0.25) is 4.79 Å². The van der Waals surface area contributed by atoms with Crippen molar-refractivity contribution >= 4 is 50.1 Å². The molecule has 1 heterocycles. The molecule has 0 fully saturated rings.